The normalized spacial score (nSPS) is 17.4. The summed E-state index contributed by atoms with van der Waals surface area (Å²) < 4.78 is 0. The van der Waals surface area contributed by atoms with E-state index in [2.05, 4.69) is 11.1 Å². The van der Waals surface area contributed by atoms with E-state index in [1.807, 2.05) is 36.4 Å². The number of hydrogen-bond donors (Lipinski definition) is 0. The van der Waals surface area contributed by atoms with Crippen LogP contribution < -0.4 is 0 Å². The van der Waals surface area contributed by atoms with Crippen LogP contribution in [0.5, 0.6) is 0 Å². The summed E-state index contributed by atoms with van der Waals surface area (Å²) in [6, 6.07) is 14.0. The molecule has 0 spiro atoms. The molecule has 1 aliphatic carbocycles. The maximum absolute atomic E-state index is 12.3. The van der Waals surface area contributed by atoms with Crippen molar-refractivity contribution in [3.63, 3.8) is 0 Å². The van der Waals surface area contributed by atoms with E-state index in [1.165, 1.54) is 5.56 Å². The second kappa shape index (κ2) is 4.73. The lowest BCUT2D eigenvalue weighted by atomic mass is 9.96. The molecule has 1 aromatic carbocycles. The fourth-order valence-electron chi connectivity index (χ4n) is 2.65. The number of hydrogen-bond acceptors (Lipinski definition) is 2. The molecule has 3 rings (SSSR count). The molecule has 1 unspecified atom stereocenters. The highest BCUT2D eigenvalue weighted by Gasteiger charge is 2.29. The number of aryl methyl sites for hydroxylation is 1. The summed E-state index contributed by atoms with van der Waals surface area (Å²) in [5, 5.41) is 0. The number of rotatable bonds is 3. The molecule has 0 fully saturated rings. The van der Waals surface area contributed by atoms with Crippen molar-refractivity contribution in [2.24, 2.45) is 0 Å². The minimum Gasteiger partial charge on any atom is -0.299 e. The van der Waals surface area contributed by atoms with Crippen LogP contribution >= 0.6 is 0 Å². The third kappa shape index (κ3) is 2.06. The predicted octanol–water partition coefficient (Wildman–Crippen LogP) is 2.92. The Morgan fingerprint density at radius 3 is 2.83 bits per heavy atom. The predicted molar refractivity (Wildman–Crippen MR) is 70.5 cm³/mol. The van der Waals surface area contributed by atoms with E-state index < -0.39 is 0 Å². The molecular weight excluding hydrogens is 222 g/mol. The summed E-state index contributed by atoms with van der Waals surface area (Å²) in [5.74, 6) is 0.292. The van der Waals surface area contributed by atoms with Crippen molar-refractivity contribution < 1.29 is 4.79 Å². The summed E-state index contributed by atoms with van der Waals surface area (Å²) in [7, 11) is 0. The molecule has 0 N–H and O–H groups in total. The molecule has 0 radical (unpaired) electrons. The molecule has 2 aromatic rings. The van der Waals surface area contributed by atoms with Gasteiger partial charge in [-0.05, 0) is 30.0 Å². The van der Waals surface area contributed by atoms with Gasteiger partial charge < -0.3 is 0 Å². The van der Waals surface area contributed by atoms with Crippen LogP contribution in [0.3, 0.4) is 0 Å². The maximum atomic E-state index is 12.3. The van der Waals surface area contributed by atoms with E-state index in [0.29, 0.717) is 12.2 Å². The number of pyridine rings is 1. The summed E-state index contributed by atoms with van der Waals surface area (Å²) >= 11 is 0. The van der Waals surface area contributed by atoms with Crippen LogP contribution in [0.25, 0.3) is 0 Å². The summed E-state index contributed by atoms with van der Waals surface area (Å²) in [6.45, 7) is 0. The van der Waals surface area contributed by atoms with Crippen LogP contribution in [0.2, 0.25) is 0 Å². The fourth-order valence-corrected chi connectivity index (χ4v) is 2.65. The van der Waals surface area contributed by atoms with Gasteiger partial charge in [0.15, 0.2) is 0 Å². The van der Waals surface area contributed by atoms with Gasteiger partial charge in [-0.1, -0.05) is 36.4 Å². The lowest BCUT2D eigenvalue weighted by Gasteiger charge is -2.09. The van der Waals surface area contributed by atoms with Crippen molar-refractivity contribution in [2.75, 3.05) is 0 Å². The van der Waals surface area contributed by atoms with E-state index in [0.717, 1.165) is 24.1 Å². The van der Waals surface area contributed by atoms with E-state index in [9.17, 15) is 4.79 Å². The number of carbonyl (C=O) groups excluding carboxylic acids is 1. The molecule has 1 aliphatic rings. The van der Waals surface area contributed by atoms with Gasteiger partial charge in [0.25, 0.3) is 0 Å². The van der Waals surface area contributed by atoms with Gasteiger partial charge in [-0.15, -0.1) is 0 Å². The number of fused-ring (bicyclic) bond motifs is 1. The SMILES string of the molecule is O=C(Cc1ccccc1)C1CCc2cccnc21. The Bertz CT molecular complexity index is 562. The van der Waals surface area contributed by atoms with E-state index >= 15 is 0 Å². The molecule has 0 saturated heterocycles. The van der Waals surface area contributed by atoms with Crippen LogP contribution in [-0.4, -0.2) is 10.8 Å². The Balaban J connectivity index is 1.79. The molecule has 1 aromatic heterocycles. The van der Waals surface area contributed by atoms with Crippen LogP contribution in [0.1, 0.15) is 29.2 Å². The first kappa shape index (κ1) is 11.1. The van der Waals surface area contributed by atoms with Gasteiger partial charge in [0.2, 0.25) is 0 Å². The highest BCUT2D eigenvalue weighted by atomic mass is 16.1. The zero-order valence-corrected chi connectivity index (χ0v) is 10.2. The molecule has 90 valence electrons. The topological polar surface area (TPSA) is 30.0 Å². The van der Waals surface area contributed by atoms with Crippen molar-refractivity contribution in [2.45, 2.75) is 25.2 Å². The molecule has 2 nitrogen and oxygen atoms in total. The minimum absolute atomic E-state index is 0.00130. The molecule has 0 saturated carbocycles. The highest BCUT2D eigenvalue weighted by Crippen LogP contribution is 2.32. The first-order chi connectivity index (χ1) is 8.84. The monoisotopic (exact) mass is 237 g/mol. The maximum Gasteiger partial charge on any atom is 0.146 e. The Morgan fingerprint density at radius 1 is 1.17 bits per heavy atom. The quantitative estimate of drug-likeness (QED) is 0.821. The number of aromatic nitrogens is 1. The second-order valence-corrected chi connectivity index (χ2v) is 4.77. The van der Waals surface area contributed by atoms with E-state index in [1.54, 1.807) is 6.20 Å². The van der Waals surface area contributed by atoms with Crippen LogP contribution in [0.4, 0.5) is 0 Å². The van der Waals surface area contributed by atoms with Gasteiger partial charge in [0.05, 0.1) is 11.6 Å². The Hall–Kier alpha value is -1.96. The molecule has 1 heterocycles. The third-order valence-electron chi connectivity index (χ3n) is 3.57. The molecule has 1 atom stereocenters. The average Bonchev–Trinajstić information content (AvgIpc) is 2.84. The number of nitrogens with zero attached hydrogens (tertiary/aromatic N) is 1. The molecule has 0 bridgehead atoms. The summed E-state index contributed by atoms with van der Waals surface area (Å²) in [6.07, 6.45) is 4.20. The van der Waals surface area contributed by atoms with Gasteiger partial charge in [0, 0.05) is 12.6 Å². The zero-order chi connectivity index (χ0) is 12.4. The Morgan fingerprint density at radius 2 is 2.00 bits per heavy atom. The fraction of sp³-hybridized carbons (Fsp3) is 0.250. The standard InChI is InChI=1S/C16H15NO/c18-15(11-12-5-2-1-3-6-12)14-9-8-13-7-4-10-17-16(13)14/h1-7,10,14H,8-9,11H2. The van der Waals surface area contributed by atoms with Gasteiger partial charge in [-0.2, -0.15) is 0 Å². The van der Waals surface area contributed by atoms with Crippen molar-refractivity contribution >= 4 is 5.78 Å². The minimum atomic E-state index is 0.00130. The largest absolute Gasteiger partial charge is 0.299 e. The number of benzene rings is 1. The Labute approximate surface area is 107 Å². The smallest absolute Gasteiger partial charge is 0.146 e. The van der Waals surface area contributed by atoms with Crippen molar-refractivity contribution in [1.82, 2.24) is 4.98 Å². The van der Waals surface area contributed by atoms with Crippen molar-refractivity contribution in [3.8, 4) is 0 Å². The third-order valence-corrected chi connectivity index (χ3v) is 3.57. The highest BCUT2D eigenvalue weighted by molar-refractivity contribution is 5.88. The van der Waals surface area contributed by atoms with Gasteiger partial charge in [-0.3, -0.25) is 9.78 Å². The summed E-state index contributed by atoms with van der Waals surface area (Å²) in [4.78, 5) is 16.7. The molecule has 0 aliphatic heterocycles. The molecule has 18 heavy (non-hydrogen) atoms. The second-order valence-electron chi connectivity index (χ2n) is 4.77. The Kier molecular flexibility index (Phi) is 2.93. The first-order valence-corrected chi connectivity index (χ1v) is 6.35. The number of carbonyl (C=O) groups is 1. The van der Waals surface area contributed by atoms with Crippen molar-refractivity contribution in [3.05, 3.63) is 65.5 Å². The lowest BCUT2D eigenvalue weighted by molar-refractivity contribution is -0.119. The van der Waals surface area contributed by atoms with Gasteiger partial charge in [-0.25, -0.2) is 0 Å². The molecular formula is C16H15NO. The van der Waals surface area contributed by atoms with Crippen LogP contribution in [0, 0.1) is 0 Å². The van der Waals surface area contributed by atoms with Crippen LogP contribution in [0.15, 0.2) is 48.7 Å². The molecule has 0 amide bonds. The summed E-state index contributed by atoms with van der Waals surface area (Å²) in [5.41, 5.74) is 3.33. The first-order valence-electron chi connectivity index (χ1n) is 6.35. The van der Waals surface area contributed by atoms with Crippen molar-refractivity contribution in [1.29, 1.82) is 0 Å². The van der Waals surface area contributed by atoms with E-state index in [4.69, 9.17) is 0 Å². The number of ketones is 1. The average molecular weight is 237 g/mol. The lowest BCUT2D eigenvalue weighted by Crippen LogP contribution is -2.13. The van der Waals surface area contributed by atoms with E-state index in [-0.39, 0.29) is 5.92 Å². The molecule has 2 heteroatoms. The van der Waals surface area contributed by atoms with Crippen LogP contribution in [-0.2, 0) is 17.6 Å². The van der Waals surface area contributed by atoms with Gasteiger partial charge in [0.1, 0.15) is 5.78 Å². The van der Waals surface area contributed by atoms with Gasteiger partial charge >= 0.3 is 0 Å². The zero-order valence-electron chi connectivity index (χ0n) is 10.2. The number of Topliss-reactive ketones (excluding diaryl/α,β-unsaturated/α-hetero) is 1.